The first-order chi connectivity index (χ1) is 8.22. The van der Waals surface area contributed by atoms with E-state index in [1.54, 1.807) is 24.3 Å². The van der Waals surface area contributed by atoms with Crippen molar-refractivity contribution < 1.29 is 19.7 Å². The van der Waals surface area contributed by atoms with Crippen LogP contribution < -0.4 is 4.74 Å². The van der Waals surface area contributed by atoms with E-state index in [4.69, 9.17) is 14.9 Å². The van der Waals surface area contributed by atoms with Crippen molar-refractivity contribution in [2.24, 2.45) is 0 Å². The molecule has 0 saturated heterocycles. The Bertz CT molecular complexity index is 548. The molecule has 2 aromatic carbocycles. The van der Waals surface area contributed by atoms with Crippen LogP contribution in [0.1, 0.15) is 10.4 Å². The maximum absolute atomic E-state index is 10.8. The van der Waals surface area contributed by atoms with E-state index < -0.39 is 5.97 Å². The van der Waals surface area contributed by atoms with Gasteiger partial charge in [0.1, 0.15) is 12.4 Å². The molecule has 88 valence electrons. The van der Waals surface area contributed by atoms with Crippen LogP contribution in [-0.4, -0.2) is 29.4 Å². The van der Waals surface area contributed by atoms with Gasteiger partial charge in [-0.2, -0.15) is 0 Å². The smallest absolute Gasteiger partial charge is 0.335 e. The summed E-state index contributed by atoms with van der Waals surface area (Å²) in [6.07, 6.45) is 0. The van der Waals surface area contributed by atoms with E-state index in [-0.39, 0.29) is 18.8 Å². The van der Waals surface area contributed by atoms with Crippen LogP contribution in [0.15, 0.2) is 36.4 Å². The Balaban J connectivity index is 2.47. The zero-order valence-corrected chi connectivity index (χ0v) is 9.09. The van der Waals surface area contributed by atoms with Crippen LogP contribution in [0.4, 0.5) is 0 Å². The number of rotatable bonds is 4. The van der Waals surface area contributed by atoms with Crippen LogP contribution in [0, 0.1) is 0 Å². The van der Waals surface area contributed by atoms with Gasteiger partial charge in [-0.3, -0.25) is 0 Å². The van der Waals surface area contributed by atoms with Gasteiger partial charge in [0.2, 0.25) is 0 Å². The molecular weight excluding hydrogens is 220 g/mol. The number of fused-ring (bicyclic) bond motifs is 1. The summed E-state index contributed by atoms with van der Waals surface area (Å²) in [6.45, 7) is 0.170. The summed E-state index contributed by atoms with van der Waals surface area (Å²) in [4.78, 5) is 10.8. The van der Waals surface area contributed by atoms with Gasteiger partial charge in [-0.05, 0) is 29.7 Å². The summed E-state index contributed by atoms with van der Waals surface area (Å²) < 4.78 is 5.37. The van der Waals surface area contributed by atoms with E-state index in [2.05, 4.69) is 0 Å². The topological polar surface area (TPSA) is 66.8 Å². The van der Waals surface area contributed by atoms with E-state index in [1.807, 2.05) is 6.07 Å². The quantitative estimate of drug-likeness (QED) is 0.845. The lowest BCUT2D eigenvalue weighted by Crippen LogP contribution is -2.02. The number of aliphatic hydroxyl groups is 1. The van der Waals surface area contributed by atoms with Crippen molar-refractivity contribution >= 4 is 16.7 Å². The minimum Gasteiger partial charge on any atom is -0.491 e. The second-order valence-electron chi connectivity index (χ2n) is 3.57. The average molecular weight is 232 g/mol. The number of carboxylic acid groups (broad SMARTS) is 1. The highest BCUT2D eigenvalue weighted by Gasteiger charge is 2.06. The SMILES string of the molecule is O=C(O)c1ccc2c(OCCO)cccc2c1. The van der Waals surface area contributed by atoms with Crippen molar-refractivity contribution in [3.8, 4) is 5.75 Å². The first-order valence-electron chi connectivity index (χ1n) is 5.22. The molecule has 0 fully saturated rings. The highest BCUT2D eigenvalue weighted by atomic mass is 16.5. The number of carbonyl (C=O) groups is 1. The molecule has 0 unspecified atom stereocenters. The fourth-order valence-corrected chi connectivity index (χ4v) is 1.67. The van der Waals surface area contributed by atoms with Gasteiger partial charge in [0.05, 0.1) is 12.2 Å². The maximum Gasteiger partial charge on any atom is 0.335 e. The molecule has 0 aliphatic rings. The highest BCUT2D eigenvalue weighted by Crippen LogP contribution is 2.26. The second kappa shape index (κ2) is 4.84. The van der Waals surface area contributed by atoms with Crippen LogP contribution in [0.25, 0.3) is 10.8 Å². The third-order valence-corrected chi connectivity index (χ3v) is 2.44. The van der Waals surface area contributed by atoms with Gasteiger partial charge >= 0.3 is 5.97 Å². The molecule has 0 saturated carbocycles. The molecule has 0 aliphatic heterocycles. The first kappa shape index (κ1) is 11.4. The third kappa shape index (κ3) is 2.37. The molecule has 17 heavy (non-hydrogen) atoms. The largest absolute Gasteiger partial charge is 0.491 e. The summed E-state index contributed by atoms with van der Waals surface area (Å²) in [5, 5.41) is 19.2. The lowest BCUT2D eigenvalue weighted by molar-refractivity contribution is 0.0697. The molecule has 0 heterocycles. The van der Waals surface area contributed by atoms with Gasteiger partial charge < -0.3 is 14.9 Å². The molecular formula is C13H12O4. The Labute approximate surface area is 98.1 Å². The fraction of sp³-hybridized carbons (Fsp3) is 0.154. The van der Waals surface area contributed by atoms with E-state index >= 15 is 0 Å². The highest BCUT2D eigenvalue weighted by molar-refractivity contribution is 5.96. The predicted octanol–water partition coefficient (Wildman–Crippen LogP) is 1.91. The Hall–Kier alpha value is -2.07. The monoisotopic (exact) mass is 232 g/mol. The number of aromatic carboxylic acids is 1. The van der Waals surface area contributed by atoms with Crippen molar-refractivity contribution in [3.63, 3.8) is 0 Å². The van der Waals surface area contributed by atoms with Crippen LogP contribution in [0.2, 0.25) is 0 Å². The summed E-state index contributed by atoms with van der Waals surface area (Å²) in [6, 6.07) is 10.3. The van der Waals surface area contributed by atoms with Crippen molar-refractivity contribution in [2.45, 2.75) is 0 Å². The van der Waals surface area contributed by atoms with Gasteiger partial charge in [-0.15, -0.1) is 0 Å². The molecule has 0 bridgehead atoms. The fourth-order valence-electron chi connectivity index (χ4n) is 1.67. The first-order valence-corrected chi connectivity index (χ1v) is 5.22. The summed E-state index contributed by atoms with van der Waals surface area (Å²) in [5.74, 6) is -0.304. The Kier molecular flexibility index (Phi) is 3.25. The predicted molar refractivity (Wildman–Crippen MR) is 63.5 cm³/mol. The normalized spacial score (nSPS) is 10.4. The number of aliphatic hydroxyl groups excluding tert-OH is 1. The maximum atomic E-state index is 10.8. The van der Waals surface area contributed by atoms with Crippen LogP contribution in [-0.2, 0) is 0 Å². The lowest BCUT2D eigenvalue weighted by Gasteiger charge is -2.08. The Morgan fingerprint density at radius 2 is 2.06 bits per heavy atom. The second-order valence-corrected chi connectivity index (χ2v) is 3.57. The molecule has 2 rings (SSSR count). The zero-order chi connectivity index (χ0) is 12.3. The molecule has 0 amide bonds. The van der Waals surface area contributed by atoms with Crippen molar-refractivity contribution in [1.29, 1.82) is 0 Å². The van der Waals surface area contributed by atoms with E-state index in [0.717, 1.165) is 10.8 Å². The minimum absolute atomic E-state index is 0.0520. The molecule has 4 nitrogen and oxygen atoms in total. The Morgan fingerprint density at radius 1 is 1.24 bits per heavy atom. The van der Waals surface area contributed by atoms with Crippen LogP contribution in [0.5, 0.6) is 5.75 Å². The number of hydrogen-bond acceptors (Lipinski definition) is 3. The van der Waals surface area contributed by atoms with Gasteiger partial charge in [0.15, 0.2) is 0 Å². The number of benzene rings is 2. The lowest BCUT2D eigenvalue weighted by atomic mass is 10.1. The molecule has 2 aromatic rings. The van der Waals surface area contributed by atoms with Crippen molar-refractivity contribution in [2.75, 3.05) is 13.2 Å². The van der Waals surface area contributed by atoms with Crippen molar-refractivity contribution in [3.05, 3.63) is 42.0 Å². The molecule has 4 heteroatoms. The van der Waals surface area contributed by atoms with Crippen LogP contribution >= 0.6 is 0 Å². The van der Waals surface area contributed by atoms with E-state index in [9.17, 15) is 4.79 Å². The summed E-state index contributed by atoms with van der Waals surface area (Å²) in [5.41, 5.74) is 0.247. The van der Waals surface area contributed by atoms with Gasteiger partial charge in [0, 0.05) is 5.39 Å². The van der Waals surface area contributed by atoms with Gasteiger partial charge in [-0.1, -0.05) is 12.1 Å². The molecule has 0 spiro atoms. The molecule has 0 atom stereocenters. The Morgan fingerprint density at radius 3 is 2.76 bits per heavy atom. The van der Waals surface area contributed by atoms with E-state index in [1.165, 1.54) is 6.07 Å². The van der Waals surface area contributed by atoms with Crippen LogP contribution in [0.3, 0.4) is 0 Å². The zero-order valence-electron chi connectivity index (χ0n) is 9.09. The van der Waals surface area contributed by atoms with Gasteiger partial charge in [-0.25, -0.2) is 4.79 Å². The van der Waals surface area contributed by atoms with Gasteiger partial charge in [0.25, 0.3) is 0 Å². The van der Waals surface area contributed by atoms with E-state index in [0.29, 0.717) is 5.75 Å². The number of hydrogen-bond donors (Lipinski definition) is 2. The molecule has 2 N–H and O–H groups in total. The minimum atomic E-state index is -0.950. The number of carboxylic acids is 1. The molecule has 0 aromatic heterocycles. The number of ether oxygens (including phenoxy) is 1. The molecule has 0 aliphatic carbocycles. The molecule has 0 radical (unpaired) electrons. The average Bonchev–Trinajstić information content (AvgIpc) is 2.35. The van der Waals surface area contributed by atoms with Crippen molar-refractivity contribution in [1.82, 2.24) is 0 Å². The summed E-state index contributed by atoms with van der Waals surface area (Å²) in [7, 11) is 0. The summed E-state index contributed by atoms with van der Waals surface area (Å²) >= 11 is 0. The third-order valence-electron chi connectivity index (χ3n) is 2.44. The standard InChI is InChI=1S/C13H12O4/c14-6-7-17-12-3-1-2-9-8-10(13(15)16)4-5-11(9)12/h1-5,8,14H,6-7H2,(H,15,16).